The molecule has 78 valence electrons. The number of nitrogens with zero attached hydrogens (tertiary/aromatic N) is 3. The van der Waals surface area contributed by atoms with Crippen LogP contribution in [0.25, 0.3) is 0 Å². The van der Waals surface area contributed by atoms with Crippen LogP contribution in [0.1, 0.15) is 12.5 Å². The van der Waals surface area contributed by atoms with Crippen LogP contribution in [-0.4, -0.2) is 30.7 Å². The van der Waals surface area contributed by atoms with E-state index in [-0.39, 0.29) is 0 Å². The maximum Gasteiger partial charge on any atom is 0.128 e. The van der Waals surface area contributed by atoms with Crippen LogP contribution in [-0.2, 0) is 0 Å². The SMILES string of the molecule is CCNC1CN(c2ccc(C#N)cn2)C1. The van der Waals surface area contributed by atoms with Gasteiger partial charge in [-0.05, 0) is 18.7 Å². The molecule has 1 aromatic rings. The molecule has 1 aliphatic heterocycles. The highest BCUT2D eigenvalue weighted by Crippen LogP contribution is 2.17. The molecule has 2 rings (SSSR count). The summed E-state index contributed by atoms with van der Waals surface area (Å²) in [4.78, 5) is 6.44. The second-order valence-corrected chi connectivity index (χ2v) is 3.68. The topological polar surface area (TPSA) is 52.0 Å². The number of likely N-dealkylation sites (N-methyl/N-ethyl adjacent to an activating group) is 1. The Hall–Kier alpha value is -1.60. The predicted octanol–water partition coefficient (Wildman–Crippen LogP) is 0.751. The number of pyridine rings is 1. The first-order valence-corrected chi connectivity index (χ1v) is 5.18. The first-order chi connectivity index (χ1) is 7.33. The fraction of sp³-hybridized carbons (Fsp3) is 0.455. The fourth-order valence-electron chi connectivity index (χ4n) is 1.72. The van der Waals surface area contributed by atoms with Crippen LogP contribution in [0.4, 0.5) is 5.82 Å². The van der Waals surface area contributed by atoms with Gasteiger partial charge in [0.25, 0.3) is 0 Å². The second kappa shape index (κ2) is 4.28. The molecule has 1 fully saturated rings. The third-order valence-corrected chi connectivity index (χ3v) is 2.58. The van der Waals surface area contributed by atoms with Crippen molar-refractivity contribution in [3.63, 3.8) is 0 Å². The Kier molecular flexibility index (Phi) is 2.84. The molecular weight excluding hydrogens is 188 g/mol. The maximum absolute atomic E-state index is 8.64. The molecule has 0 aromatic carbocycles. The van der Waals surface area contributed by atoms with E-state index < -0.39 is 0 Å². The van der Waals surface area contributed by atoms with E-state index in [2.05, 4.69) is 28.2 Å². The van der Waals surface area contributed by atoms with Crippen molar-refractivity contribution in [3.05, 3.63) is 23.9 Å². The van der Waals surface area contributed by atoms with Crippen molar-refractivity contribution in [2.45, 2.75) is 13.0 Å². The molecule has 1 aliphatic rings. The first kappa shape index (κ1) is 9.94. The maximum atomic E-state index is 8.64. The lowest BCUT2D eigenvalue weighted by Gasteiger charge is -2.40. The Balaban J connectivity index is 1.93. The third-order valence-electron chi connectivity index (χ3n) is 2.58. The normalized spacial score (nSPS) is 15.9. The summed E-state index contributed by atoms with van der Waals surface area (Å²) in [6.07, 6.45) is 1.62. The van der Waals surface area contributed by atoms with E-state index in [0.29, 0.717) is 11.6 Å². The van der Waals surface area contributed by atoms with Gasteiger partial charge in [-0.1, -0.05) is 6.92 Å². The van der Waals surface area contributed by atoms with Crippen molar-refractivity contribution in [3.8, 4) is 6.07 Å². The zero-order valence-corrected chi connectivity index (χ0v) is 8.77. The molecule has 1 saturated heterocycles. The molecule has 4 nitrogen and oxygen atoms in total. The minimum atomic E-state index is 0.590. The number of rotatable bonds is 3. The Bertz CT molecular complexity index is 359. The molecule has 0 bridgehead atoms. The van der Waals surface area contributed by atoms with E-state index in [1.54, 1.807) is 6.20 Å². The Morgan fingerprint density at radius 2 is 2.40 bits per heavy atom. The Morgan fingerprint density at radius 1 is 1.60 bits per heavy atom. The zero-order valence-electron chi connectivity index (χ0n) is 8.77. The molecule has 4 heteroatoms. The van der Waals surface area contributed by atoms with Gasteiger partial charge in [0, 0.05) is 25.3 Å². The van der Waals surface area contributed by atoms with Crippen molar-refractivity contribution in [1.82, 2.24) is 10.3 Å². The summed E-state index contributed by atoms with van der Waals surface area (Å²) in [5.74, 6) is 0.961. The molecule has 1 N–H and O–H groups in total. The van der Waals surface area contributed by atoms with Crippen LogP contribution in [0.5, 0.6) is 0 Å². The average molecular weight is 202 g/mol. The van der Waals surface area contributed by atoms with E-state index in [1.165, 1.54) is 0 Å². The summed E-state index contributed by atoms with van der Waals surface area (Å²) >= 11 is 0. The summed E-state index contributed by atoms with van der Waals surface area (Å²) in [7, 11) is 0. The van der Waals surface area contributed by atoms with Gasteiger partial charge < -0.3 is 10.2 Å². The quantitative estimate of drug-likeness (QED) is 0.786. The number of hydrogen-bond acceptors (Lipinski definition) is 4. The van der Waals surface area contributed by atoms with Crippen LogP contribution in [0.2, 0.25) is 0 Å². The average Bonchev–Trinajstić information content (AvgIpc) is 2.23. The van der Waals surface area contributed by atoms with Crippen molar-refractivity contribution in [2.75, 3.05) is 24.5 Å². The van der Waals surface area contributed by atoms with E-state index in [1.807, 2.05) is 12.1 Å². The molecule has 0 atom stereocenters. The molecule has 0 unspecified atom stereocenters. The lowest BCUT2D eigenvalue weighted by molar-refractivity contribution is 0.427. The fourth-order valence-corrected chi connectivity index (χ4v) is 1.72. The van der Waals surface area contributed by atoms with Gasteiger partial charge in [-0.25, -0.2) is 4.98 Å². The smallest absolute Gasteiger partial charge is 0.128 e. The van der Waals surface area contributed by atoms with Gasteiger partial charge in [-0.3, -0.25) is 0 Å². The number of nitrogens with one attached hydrogen (secondary N) is 1. The highest BCUT2D eigenvalue weighted by Gasteiger charge is 2.26. The van der Waals surface area contributed by atoms with Gasteiger partial charge in [-0.15, -0.1) is 0 Å². The summed E-state index contributed by atoms with van der Waals surface area (Å²) in [6, 6.07) is 6.37. The largest absolute Gasteiger partial charge is 0.353 e. The van der Waals surface area contributed by atoms with Crippen molar-refractivity contribution < 1.29 is 0 Å². The number of nitriles is 1. The first-order valence-electron chi connectivity index (χ1n) is 5.18. The standard InChI is InChI=1S/C11H14N4/c1-2-13-10-7-15(8-10)11-4-3-9(5-12)6-14-11/h3-4,6,10,13H,2,7-8H2,1H3. The van der Waals surface area contributed by atoms with Gasteiger partial charge in [0.1, 0.15) is 11.9 Å². The zero-order chi connectivity index (χ0) is 10.7. The van der Waals surface area contributed by atoms with Gasteiger partial charge in [0.05, 0.1) is 5.56 Å². The summed E-state index contributed by atoms with van der Waals surface area (Å²) in [5, 5.41) is 12.0. The minimum Gasteiger partial charge on any atom is -0.353 e. The van der Waals surface area contributed by atoms with E-state index in [0.717, 1.165) is 25.5 Å². The lowest BCUT2D eigenvalue weighted by Crippen LogP contribution is -2.58. The molecule has 1 aromatic heterocycles. The van der Waals surface area contributed by atoms with Crippen LogP contribution in [0, 0.1) is 11.3 Å². The second-order valence-electron chi connectivity index (χ2n) is 3.68. The van der Waals surface area contributed by atoms with Crippen LogP contribution >= 0.6 is 0 Å². The monoisotopic (exact) mass is 202 g/mol. The predicted molar refractivity (Wildman–Crippen MR) is 58.6 cm³/mol. The molecular formula is C11H14N4. The molecule has 0 spiro atoms. The summed E-state index contributed by atoms with van der Waals surface area (Å²) in [6.45, 7) is 5.14. The molecule has 0 amide bonds. The van der Waals surface area contributed by atoms with Crippen LogP contribution in [0.15, 0.2) is 18.3 Å². The number of aromatic nitrogens is 1. The third kappa shape index (κ3) is 2.08. The van der Waals surface area contributed by atoms with Crippen molar-refractivity contribution in [1.29, 1.82) is 5.26 Å². The highest BCUT2D eigenvalue weighted by molar-refractivity contribution is 5.44. The number of hydrogen-bond donors (Lipinski definition) is 1. The summed E-state index contributed by atoms with van der Waals surface area (Å²) in [5.41, 5.74) is 0.613. The van der Waals surface area contributed by atoms with E-state index in [9.17, 15) is 0 Å². The molecule has 15 heavy (non-hydrogen) atoms. The van der Waals surface area contributed by atoms with Gasteiger partial charge in [0.15, 0.2) is 0 Å². The molecule has 0 radical (unpaired) electrons. The Morgan fingerprint density at radius 3 is 2.93 bits per heavy atom. The molecule has 0 saturated carbocycles. The van der Waals surface area contributed by atoms with Crippen LogP contribution < -0.4 is 10.2 Å². The highest BCUT2D eigenvalue weighted by atomic mass is 15.3. The Labute approximate surface area is 89.5 Å². The molecule has 2 heterocycles. The van der Waals surface area contributed by atoms with Crippen molar-refractivity contribution >= 4 is 5.82 Å². The van der Waals surface area contributed by atoms with E-state index >= 15 is 0 Å². The lowest BCUT2D eigenvalue weighted by atomic mass is 10.1. The van der Waals surface area contributed by atoms with E-state index in [4.69, 9.17) is 5.26 Å². The number of anilines is 1. The summed E-state index contributed by atoms with van der Waals surface area (Å²) < 4.78 is 0. The van der Waals surface area contributed by atoms with Gasteiger partial charge in [-0.2, -0.15) is 5.26 Å². The molecule has 0 aliphatic carbocycles. The van der Waals surface area contributed by atoms with Gasteiger partial charge in [0.2, 0.25) is 0 Å². The van der Waals surface area contributed by atoms with Crippen LogP contribution in [0.3, 0.4) is 0 Å². The minimum absolute atomic E-state index is 0.590. The van der Waals surface area contributed by atoms with Crippen molar-refractivity contribution in [2.24, 2.45) is 0 Å². The van der Waals surface area contributed by atoms with Gasteiger partial charge >= 0.3 is 0 Å².